The number of nitrogens with zero attached hydrogens (tertiary/aromatic N) is 1. The number of carbonyl (C=O) groups is 1. The number of nitrogens with two attached hydrogens (primary N) is 1. The molecular weight excluding hydrogens is 270 g/mol. The summed E-state index contributed by atoms with van der Waals surface area (Å²) in [6, 6.07) is 1.68. The molecule has 20 heavy (non-hydrogen) atoms. The number of rotatable bonds is 7. The molecule has 0 unspecified atom stereocenters. The Kier molecular flexibility index (Phi) is 8.52. The van der Waals surface area contributed by atoms with Crippen molar-refractivity contribution >= 4 is 17.7 Å². The van der Waals surface area contributed by atoms with Crippen LogP contribution in [0.3, 0.4) is 0 Å². The van der Waals surface area contributed by atoms with Crippen molar-refractivity contribution < 1.29 is 4.79 Å². The van der Waals surface area contributed by atoms with Gasteiger partial charge in [0, 0.05) is 18.9 Å². The summed E-state index contributed by atoms with van der Waals surface area (Å²) < 4.78 is 0. The van der Waals surface area contributed by atoms with Crippen LogP contribution in [-0.4, -0.2) is 36.0 Å². The average molecular weight is 291 g/mol. The third-order valence-corrected chi connectivity index (χ3v) is 3.40. The Hall–Kier alpha value is -1.51. The van der Waals surface area contributed by atoms with Crippen LogP contribution in [0.1, 0.15) is 35.2 Å². The van der Waals surface area contributed by atoms with E-state index in [2.05, 4.69) is 28.4 Å². The monoisotopic (exact) mass is 291 g/mol. The van der Waals surface area contributed by atoms with Gasteiger partial charge in [0.2, 0.25) is 0 Å². The Bertz CT molecular complexity index is 479. The summed E-state index contributed by atoms with van der Waals surface area (Å²) in [7, 11) is 0. The van der Waals surface area contributed by atoms with Crippen LogP contribution in [0.15, 0.2) is 18.5 Å². The van der Waals surface area contributed by atoms with Crippen LogP contribution in [0.5, 0.6) is 0 Å². The molecule has 1 heterocycles. The zero-order valence-corrected chi connectivity index (χ0v) is 12.6. The Balaban J connectivity index is 2.47. The van der Waals surface area contributed by atoms with Crippen molar-refractivity contribution in [2.45, 2.75) is 19.3 Å². The second-order valence-corrected chi connectivity index (χ2v) is 5.22. The van der Waals surface area contributed by atoms with Crippen LogP contribution in [0.4, 0.5) is 0 Å². The van der Waals surface area contributed by atoms with Crippen molar-refractivity contribution in [1.82, 2.24) is 10.3 Å². The molecule has 1 rings (SSSR count). The van der Waals surface area contributed by atoms with Gasteiger partial charge in [0.05, 0.1) is 17.7 Å². The van der Waals surface area contributed by atoms with E-state index in [1.165, 1.54) is 12.2 Å². The minimum absolute atomic E-state index is 0.0985. The van der Waals surface area contributed by atoms with E-state index in [0.29, 0.717) is 17.7 Å². The van der Waals surface area contributed by atoms with Gasteiger partial charge < -0.3 is 11.1 Å². The molecule has 5 heteroatoms. The molecule has 0 fully saturated rings. The molecule has 1 amide bonds. The molecule has 108 valence electrons. The molecule has 0 spiro atoms. The van der Waals surface area contributed by atoms with Gasteiger partial charge in [-0.05, 0) is 30.9 Å². The SMILES string of the molecule is CSCCCCCNC(=O)c1ccncc1C#CCN. The van der Waals surface area contributed by atoms with Crippen molar-refractivity contribution in [1.29, 1.82) is 0 Å². The Morgan fingerprint density at radius 1 is 1.45 bits per heavy atom. The number of hydrogen-bond acceptors (Lipinski definition) is 4. The van der Waals surface area contributed by atoms with Crippen molar-refractivity contribution in [3.8, 4) is 11.8 Å². The number of thioether (sulfide) groups is 1. The van der Waals surface area contributed by atoms with Gasteiger partial charge in [0.15, 0.2) is 0 Å². The van der Waals surface area contributed by atoms with Crippen LogP contribution in [-0.2, 0) is 0 Å². The third kappa shape index (κ3) is 6.09. The van der Waals surface area contributed by atoms with Gasteiger partial charge >= 0.3 is 0 Å². The highest BCUT2D eigenvalue weighted by Crippen LogP contribution is 2.06. The predicted octanol–water partition coefficient (Wildman–Crippen LogP) is 1.65. The number of aromatic nitrogens is 1. The molecule has 0 radical (unpaired) electrons. The molecule has 0 aliphatic heterocycles. The Labute approximate surface area is 124 Å². The predicted molar refractivity (Wildman–Crippen MR) is 84.7 cm³/mol. The highest BCUT2D eigenvalue weighted by atomic mass is 32.2. The molecule has 4 nitrogen and oxygen atoms in total. The van der Waals surface area contributed by atoms with E-state index in [-0.39, 0.29) is 12.5 Å². The molecule has 1 aromatic heterocycles. The topological polar surface area (TPSA) is 68.0 Å². The molecule has 0 saturated heterocycles. The maximum atomic E-state index is 12.1. The lowest BCUT2D eigenvalue weighted by Gasteiger charge is -2.06. The number of hydrogen-bond donors (Lipinski definition) is 2. The molecular formula is C15H21N3OS. The first-order chi connectivity index (χ1) is 9.79. The Morgan fingerprint density at radius 2 is 2.30 bits per heavy atom. The molecule has 0 aliphatic rings. The quantitative estimate of drug-likeness (QED) is 0.592. The smallest absolute Gasteiger partial charge is 0.252 e. The number of nitrogens with one attached hydrogen (secondary N) is 1. The van der Waals surface area contributed by atoms with Crippen molar-refractivity contribution in [3.05, 3.63) is 29.6 Å². The van der Waals surface area contributed by atoms with E-state index >= 15 is 0 Å². The second kappa shape index (κ2) is 10.3. The van der Waals surface area contributed by atoms with Crippen LogP contribution in [0.25, 0.3) is 0 Å². The van der Waals surface area contributed by atoms with E-state index in [1.807, 2.05) is 11.8 Å². The first kappa shape index (κ1) is 16.5. The van der Waals surface area contributed by atoms with Crippen molar-refractivity contribution in [2.24, 2.45) is 5.73 Å². The van der Waals surface area contributed by atoms with Gasteiger partial charge in [-0.25, -0.2) is 0 Å². The molecule has 0 aromatic carbocycles. The van der Waals surface area contributed by atoms with Crippen LogP contribution < -0.4 is 11.1 Å². The fraction of sp³-hybridized carbons (Fsp3) is 0.467. The van der Waals surface area contributed by atoms with E-state index < -0.39 is 0 Å². The fourth-order valence-corrected chi connectivity index (χ4v) is 2.18. The summed E-state index contributed by atoms with van der Waals surface area (Å²) in [6.07, 6.45) is 8.63. The molecule has 1 aromatic rings. The first-order valence-corrected chi connectivity index (χ1v) is 8.09. The van der Waals surface area contributed by atoms with E-state index in [0.717, 1.165) is 12.8 Å². The number of pyridine rings is 1. The highest BCUT2D eigenvalue weighted by Gasteiger charge is 2.08. The third-order valence-electron chi connectivity index (χ3n) is 2.70. The van der Waals surface area contributed by atoms with E-state index in [4.69, 9.17) is 5.73 Å². The summed E-state index contributed by atoms with van der Waals surface area (Å²) in [5.41, 5.74) is 6.53. The van der Waals surface area contributed by atoms with Gasteiger partial charge in [-0.3, -0.25) is 9.78 Å². The standard InChI is InChI=1S/C15H21N3OS/c1-20-11-4-2-3-9-18-15(19)14-7-10-17-12-13(14)6-5-8-16/h7,10,12H,2-4,8-9,11,16H2,1H3,(H,18,19). The molecule has 0 bridgehead atoms. The van der Waals surface area contributed by atoms with Gasteiger partial charge in [-0.1, -0.05) is 18.3 Å². The van der Waals surface area contributed by atoms with Gasteiger partial charge in [0.1, 0.15) is 0 Å². The summed E-state index contributed by atoms with van der Waals surface area (Å²) in [5.74, 6) is 6.70. The number of unbranched alkanes of at least 4 members (excludes halogenated alkanes) is 2. The largest absolute Gasteiger partial charge is 0.352 e. The Morgan fingerprint density at radius 3 is 3.05 bits per heavy atom. The maximum Gasteiger partial charge on any atom is 0.252 e. The lowest BCUT2D eigenvalue weighted by atomic mass is 10.1. The lowest BCUT2D eigenvalue weighted by molar-refractivity contribution is 0.0952. The summed E-state index contributed by atoms with van der Waals surface area (Å²) in [4.78, 5) is 16.1. The van der Waals surface area contributed by atoms with Crippen LogP contribution in [0.2, 0.25) is 0 Å². The minimum atomic E-state index is -0.0985. The van der Waals surface area contributed by atoms with Gasteiger partial charge in [0.25, 0.3) is 5.91 Å². The maximum absolute atomic E-state index is 12.1. The lowest BCUT2D eigenvalue weighted by Crippen LogP contribution is -2.25. The van der Waals surface area contributed by atoms with Gasteiger partial charge in [-0.2, -0.15) is 11.8 Å². The molecule has 0 aliphatic carbocycles. The first-order valence-electron chi connectivity index (χ1n) is 6.69. The molecule has 0 saturated carbocycles. The normalized spacial score (nSPS) is 9.70. The zero-order valence-electron chi connectivity index (χ0n) is 11.8. The zero-order chi connectivity index (χ0) is 14.6. The summed E-state index contributed by atoms with van der Waals surface area (Å²) in [5, 5.41) is 2.92. The highest BCUT2D eigenvalue weighted by molar-refractivity contribution is 7.98. The molecule has 0 atom stereocenters. The number of carbonyl (C=O) groups excluding carboxylic acids is 1. The summed E-state index contributed by atoms with van der Waals surface area (Å²) >= 11 is 1.85. The van der Waals surface area contributed by atoms with E-state index in [1.54, 1.807) is 18.5 Å². The minimum Gasteiger partial charge on any atom is -0.352 e. The summed E-state index contributed by atoms with van der Waals surface area (Å²) in [6.45, 7) is 0.963. The van der Waals surface area contributed by atoms with Crippen LogP contribution in [0, 0.1) is 11.8 Å². The van der Waals surface area contributed by atoms with Gasteiger partial charge in [-0.15, -0.1) is 0 Å². The van der Waals surface area contributed by atoms with Crippen molar-refractivity contribution in [3.63, 3.8) is 0 Å². The van der Waals surface area contributed by atoms with Crippen LogP contribution >= 0.6 is 11.8 Å². The number of amides is 1. The van der Waals surface area contributed by atoms with E-state index in [9.17, 15) is 4.79 Å². The average Bonchev–Trinajstić information content (AvgIpc) is 2.48. The fourth-order valence-electron chi connectivity index (χ4n) is 1.68. The van der Waals surface area contributed by atoms with Crippen molar-refractivity contribution in [2.75, 3.05) is 25.1 Å². The second-order valence-electron chi connectivity index (χ2n) is 4.24. The molecule has 3 N–H and O–H groups in total.